The number of hydrogen-bond donors (Lipinski definition) is 1. The Morgan fingerprint density at radius 3 is 2.00 bits per heavy atom. The van der Waals surface area contributed by atoms with Crippen LogP contribution in [0.4, 0.5) is 0 Å². The highest BCUT2D eigenvalue weighted by Gasteiger charge is 2.23. The maximum Gasteiger partial charge on any atom is 0.0407 e. The molecule has 0 aromatic heterocycles. The van der Waals surface area contributed by atoms with Crippen molar-refractivity contribution in [1.29, 1.82) is 0 Å². The maximum atomic E-state index is 6.58. The molecule has 108 valence electrons. The zero-order valence-electron chi connectivity index (χ0n) is 12.8. The molecular weight excluding hydrogens is 230 g/mol. The van der Waals surface area contributed by atoms with Gasteiger partial charge in [0.15, 0.2) is 0 Å². The molecule has 0 aliphatic rings. The Balaban J connectivity index is 2.29. The third kappa shape index (κ3) is 5.78. The zero-order valence-corrected chi connectivity index (χ0v) is 12.8. The molecule has 0 saturated heterocycles. The molecule has 1 heteroatoms. The summed E-state index contributed by atoms with van der Waals surface area (Å²) >= 11 is 0. The lowest BCUT2D eigenvalue weighted by atomic mass is 9.83. The van der Waals surface area contributed by atoms with Crippen LogP contribution in [0.15, 0.2) is 30.3 Å². The van der Waals surface area contributed by atoms with E-state index in [0.717, 1.165) is 12.8 Å². The van der Waals surface area contributed by atoms with Crippen LogP contribution in [-0.2, 0) is 5.54 Å². The Morgan fingerprint density at radius 2 is 1.42 bits per heavy atom. The van der Waals surface area contributed by atoms with E-state index in [-0.39, 0.29) is 5.54 Å². The first kappa shape index (κ1) is 16.2. The number of nitrogens with two attached hydrogens (primary N) is 1. The molecule has 0 amide bonds. The summed E-state index contributed by atoms with van der Waals surface area (Å²) in [6, 6.07) is 10.6. The first-order valence-electron chi connectivity index (χ1n) is 8.07. The molecule has 0 radical (unpaired) electrons. The van der Waals surface area contributed by atoms with Crippen LogP contribution in [0.5, 0.6) is 0 Å². The minimum absolute atomic E-state index is 0.120. The van der Waals surface area contributed by atoms with E-state index in [4.69, 9.17) is 5.73 Å². The van der Waals surface area contributed by atoms with Crippen LogP contribution in [0.25, 0.3) is 0 Å². The molecule has 1 aromatic carbocycles. The third-order valence-corrected chi connectivity index (χ3v) is 4.21. The van der Waals surface area contributed by atoms with Crippen LogP contribution < -0.4 is 5.73 Å². The predicted molar refractivity (Wildman–Crippen MR) is 85.2 cm³/mol. The average Bonchev–Trinajstić information content (AvgIpc) is 2.47. The Bertz CT molecular complexity index is 320. The van der Waals surface area contributed by atoms with Gasteiger partial charge in [-0.15, -0.1) is 0 Å². The molecule has 0 heterocycles. The van der Waals surface area contributed by atoms with E-state index in [9.17, 15) is 0 Å². The second kappa shape index (κ2) is 9.14. The highest BCUT2D eigenvalue weighted by atomic mass is 14.7. The standard InChI is InChI=1S/C18H31N/c1-3-5-6-7-8-9-13-16-18(19,4-2)17-14-11-10-12-15-17/h10-12,14-15H,3-9,13,16,19H2,1-2H3. The molecule has 0 bridgehead atoms. The maximum absolute atomic E-state index is 6.58. The Morgan fingerprint density at radius 1 is 0.842 bits per heavy atom. The quantitative estimate of drug-likeness (QED) is 0.561. The molecule has 1 rings (SSSR count). The first-order valence-corrected chi connectivity index (χ1v) is 8.07. The number of unbranched alkanes of at least 4 members (excludes halogenated alkanes) is 6. The summed E-state index contributed by atoms with van der Waals surface area (Å²) in [5.74, 6) is 0. The van der Waals surface area contributed by atoms with Crippen molar-refractivity contribution in [3.05, 3.63) is 35.9 Å². The molecule has 1 aromatic rings. The SMILES string of the molecule is CCCCCCCCCC(N)(CC)c1ccccc1. The van der Waals surface area contributed by atoms with E-state index < -0.39 is 0 Å². The summed E-state index contributed by atoms with van der Waals surface area (Å²) < 4.78 is 0. The third-order valence-electron chi connectivity index (χ3n) is 4.21. The molecule has 0 spiro atoms. The molecule has 2 N–H and O–H groups in total. The predicted octanol–water partition coefficient (Wildman–Crippen LogP) is 5.39. The Kier molecular flexibility index (Phi) is 7.81. The molecule has 1 unspecified atom stereocenters. The van der Waals surface area contributed by atoms with Gasteiger partial charge in [-0.05, 0) is 18.4 Å². The fourth-order valence-electron chi connectivity index (χ4n) is 2.69. The highest BCUT2D eigenvalue weighted by Crippen LogP contribution is 2.28. The van der Waals surface area contributed by atoms with Crippen LogP contribution >= 0.6 is 0 Å². The van der Waals surface area contributed by atoms with Crippen LogP contribution in [0.3, 0.4) is 0 Å². The second-order valence-corrected chi connectivity index (χ2v) is 5.75. The summed E-state index contributed by atoms with van der Waals surface area (Å²) in [6.07, 6.45) is 11.6. The summed E-state index contributed by atoms with van der Waals surface area (Å²) in [6.45, 7) is 4.47. The van der Waals surface area contributed by atoms with Crippen LogP contribution in [0.1, 0.15) is 77.2 Å². The lowest BCUT2D eigenvalue weighted by molar-refractivity contribution is 0.373. The molecule has 0 aliphatic heterocycles. The number of benzene rings is 1. The van der Waals surface area contributed by atoms with Crippen molar-refractivity contribution in [3.8, 4) is 0 Å². The zero-order chi connectivity index (χ0) is 14.0. The lowest BCUT2D eigenvalue weighted by Crippen LogP contribution is -2.35. The van der Waals surface area contributed by atoms with Gasteiger partial charge in [-0.25, -0.2) is 0 Å². The lowest BCUT2D eigenvalue weighted by Gasteiger charge is -2.29. The summed E-state index contributed by atoms with van der Waals surface area (Å²) in [7, 11) is 0. The van der Waals surface area contributed by atoms with E-state index >= 15 is 0 Å². The van der Waals surface area contributed by atoms with E-state index in [1.54, 1.807) is 0 Å². The van der Waals surface area contributed by atoms with Crippen LogP contribution in [0.2, 0.25) is 0 Å². The van der Waals surface area contributed by atoms with Crippen molar-refractivity contribution >= 4 is 0 Å². The highest BCUT2D eigenvalue weighted by molar-refractivity contribution is 5.23. The van der Waals surface area contributed by atoms with Crippen molar-refractivity contribution < 1.29 is 0 Å². The van der Waals surface area contributed by atoms with Crippen molar-refractivity contribution in [1.82, 2.24) is 0 Å². The summed E-state index contributed by atoms with van der Waals surface area (Å²) in [5.41, 5.74) is 7.76. The van der Waals surface area contributed by atoms with Gasteiger partial charge in [-0.2, -0.15) is 0 Å². The minimum Gasteiger partial charge on any atom is -0.321 e. The van der Waals surface area contributed by atoms with Gasteiger partial charge in [0, 0.05) is 5.54 Å². The summed E-state index contributed by atoms with van der Waals surface area (Å²) in [5, 5.41) is 0. The smallest absolute Gasteiger partial charge is 0.0407 e. The molecule has 0 aliphatic carbocycles. The van der Waals surface area contributed by atoms with Crippen molar-refractivity contribution in [2.75, 3.05) is 0 Å². The van der Waals surface area contributed by atoms with Gasteiger partial charge in [0.25, 0.3) is 0 Å². The topological polar surface area (TPSA) is 26.0 Å². The monoisotopic (exact) mass is 261 g/mol. The van der Waals surface area contributed by atoms with Crippen molar-refractivity contribution in [2.45, 2.75) is 77.2 Å². The van der Waals surface area contributed by atoms with Gasteiger partial charge in [0.1, 0.15) is 0 Å². The van der Waals surface area contributed by atoms with Gasteiger partial charge in [-0.3, -0.25) is 0 Å². The van der Waals surface area contributed by atoms with Crippen molar-refractivity contribution in [2.24, 2.45) is 5.73 Å². The fraction of sp³-hybridized carbons (Fsp3) is 0.667. The van der Waals surface area contributed by atoms with Gasteiger partial charge in [0.05, 0.1) is 0 Å². The largest absolute Gasteiger partial charge is 0.321 e. The molecule has 0 saturated carbocycles. The molecule has 1 nitrogen and oxygen atoms in total. The number of rotatable bonds is 10. The van der Waals surface area contributed by atoms with E-state index in [1.165, 1.54) is 50.5 Å². The Hall–Kier alpha value is -0.820. The van der Waals surface area contributed by atoms with Gasteiger partial charge >= 0.3 is 0 Å². The second-order valence-electron chi connectivity index (χ2n) is 5.75. The van der Waals surface area contributed by atoms with Gasteiger partial charge < -0.3 is 5.73 Å². The van der Waals surface area contributed by atoms with Crippen molar-refractivity contribution in [3.63, 3.8) is 0 Å². The van der Waals surface area contributed by atoms with Crippen LogP contribution in [0, 0.1) is 0 Å². The Labute approximate surface area is 119 Å². The molecule has 0 fully saturated rings. The average molecular weight is 261 g/mol. The van der Waals surface area contributed by atoms with E-state index in [2.05, 4.69) is 44.2 Å². The minimum atomic E-state index is -0.120. The van der Waals surface area contributed by atoms with E-state index in [0.29, 0.717) is 0 Å². The number of hydrogen-bond acceptors (Lipinski definition) is 1. The molecule has 1 atom stereocenters. The summed E-state index contributed by atoms with van der Waals surface area (Å²) in [4.78, 5) is 0. The van der Waals surface area contributed by atoms with Gasteiger partial charge in [-0.1, -0.05) is 89.1 Å². The first-order chi connectivity index (χ1) is 9.23. The van der Waals surface area contributed by atoms with Gasteiger partial charge in [0.2, 0.25) is 0 Å². The van der Waals surface area contributed by atoms with Crippen LogP contribution in [-0.4, -0.2) is 0 Å². The molecular formula is C18H31N. The normalized spacial score (nSPS) is 14.3. The van der Waals surface area contributed by atoms with E-state index in [1.807, 2.05) is 0 Å². The molecule has 19 heavy (non-hydrogen) atoms. The fourth-order valence-corrected chi connectivity index (χ4v) is 2.69.